The first-order valence-electron chi connectivity index (χ1n) is 7.79. The Hall–Kier alpha value is -1.08. The summed E-state index contributed by atoms with van der Waals surface area (Å²) >= 11 is 0. The molecule has 0 radical (unpaired) electrons. The molecule has 0 aromatic rings. The molecular formula is C19H32O. The maximum absolute atomic E-state index is 8.79. The van der Waals surface area contributed by atoms with Crippen LogP contribution in [-0.2, 0) is 0 Å². The third-order valence-electron chi connectivity index (χ3n) is 3.44. The molecule has 1 nitrogen and oxygen atoms in total. The van der Waals surface area contributed by atoms with E-state index in [9.17, 15) is 0 Å². The molecule has 0 heterocycles. The van der Waals surface area contributed by atoms with Crippen molar-refractivity contribution in [2.45, 2.75) is 66.2 Å². The average molecular weight is 276 g/mol. The lowest BCUT2D eigenvalue weighted by molar-refractivity contribution is 0.341. The van der Waals surface area contributed by atoms with Gasteiger partial charge in [0.15, 0.2) is 0 Å². The lowest BCUT2D eigenvalue weighted by Crippen LogP contribution is -1.83. The molecule has 0 amide bonds. The third kappa shape index (κ3) is 12.0. The molecule has 0 aliphatic carbocycles. The number of aliphatic hydroxyl groups excluding tert-OH is 1. The Kier molecular flexibility index (Phi) is 12.2. The Morgan fingerprint density at radius 1 is 0.750 bits per heavy atom. The predicted molar refractivity (Wildman–Crippen MR) is 90.9 cm³/mol. The molecule has 0 aliphatic heterocycles. The van der Waals surface area contributed by atoms with Gasteiger partial charge in [-0.25, -0.2) is 0 Å². The Labute approximate surface area is 125 Å². The van der Waals surface area contributed by atoms with Gasteiger partial charge in [-0.05, 0) is 66.2 Å². The molecule has 0 unspecified atom stereocenters. The van der Waals surface area contributed by atoms with Gasteiger partial charge in [0.05, 0.1) is 6.61 Å². The fraction of sp³-hybridized carbons (Fsp3) is 0.579. The summed E-state index contributed by atoms with van der Waals surface area (Å²) in [5, 5.41) is 8.79. The minimum atomic E-state index is 0.159. The van der Waals surface area contributed by atoms with E-state index in [2.05, 4.69) is 52.0 Å². The van der Waals surface area contributed by atoms with E-state index in [-0.39, 0.29) is 6.61 Å². The van der Waals surface area contributed by atoms with E-state index >= 15 is 0 Å². The summed E-state index contributed by atoms with van der Waals surface area (Å²) in [6.07, 6.45) is 17.7. The first kappa shape index (κ1) is 18.9. The van der Waals surface area contributed by atoms with Crippen LogP contribution in [0, 0.1) is 0 Å². The van der Waals surface area contributed by atoms with Crippen molar-refractivity contribution in [2.75, 3.05) is 6.61 Å². The highest BCUT2D eigenvalue weighted by molar-refractivity contribution is 5.06. The maximum atomic E-state index is 8.79. The van der Waals surface area contributed by atoms with Gasteiger partial charge in [-0.15, -0.1) is 0 Å². The van der Waals surface area contributed by atoms with E-state index in [1.807, 2.05) is 6.08 Å². The molecular weight excluding hydrogens is 244 g/mol. The Morgan fingerprint density at radius 3 is 1.65 bits per heavy atom. The van der Waals surface area contributed by atoms with Crippen LogP contribution in [0.2, 0.25) is 0 Å². The molecule has 0 fully saturated rings. The molecule has 1 N–H and O–H groups in total. The summed E-state index contributed by atoms with van der Waals surface area (Å²) in [4.78, 5) is 0. The van der Waals surface area contributed by atoms with Gasteiger partial charge in [-0.2, -0.15) is 0 Å². The summed E-state index contributed by atoms with van der Waals surface area (Å²) in [7, 11) is 0. The van der Waals surface area contributed by atoms with Gasteiger partial charge >= 0.3 is 0 Å². The van der Waals surface area contributed by atoms with Gasteiger partial charge < -0.3 is 5.11 Å². The van der Waals surface area contributed by atoms with Crippen LogP contribution in [0.1, 0.15) is 66.2 Å². The lowest BCUT2D eigenvalue weighted by Gasteiger charge is -2.02. The van der Waals surface area contributed by atoms with Crippen LogP contribution < -0.4 is 0 Å². The molecule has 0 saturated heterocycles. The molecule has 0 saturated carbocycles. The van der Waals surface area contributed by atoms with Gasteiger partial charge in [0.2, 0.25) is 0 Å². The van der Waals surface area contributed by atoms with Crippen LogP contribution in [-0.4, -0.2) is 11.7 Å². The van der Waals surface area contributed by atoms with Crippen LogP contribution in [0.4, 0.5) is 0 Å². The average Bonchev–Trinajstić information content (AvgIpc) is 2.39. The number of allylic oxidation sites excluding steroid dienone is 7. The van der Waals surface area contributed by atoms with Crippen molar-refractivity contribution in [1.29, 1.82) is 0 Å². The van der Waals surface area contributed by atoms with Gasteiger partial charge in [-0.1, -0.05) is 47.1 Å². The van der Waals surface area contributed by atoms with Crippen molar-refractivity contribution >= 4 is 0 Å². The zero-order valence-electron chi connectivity index (χ0n) is 13.8. The van der Waals surface area contributed by atoms with E-state index in [1.165, 1.54) is 23.1 Å². The van der Waals surface area contributed by atoms with E-state index in [0.717, 1.165) is 32.1 Å². The third-order valence-corrected chi connectivity index (χ3v) is 3.44. The van der Waals surface area contributed by atoms with E-state index in [1.54, 1.807) is 0 Å². The zero-order valence-corrected chi connectivity index (χ0v) is 13.8. The molecule has 0 bridgehead atoms. The monoisotopic (exact) mass is 276 g/mol. The fourth-order valence-electron chi connectivity index (χ4n) is 2.03. The minimum Gasteiger partial charge on any atom is -0.392 e. The predicted octanol–water partition coefficient (Wildman–Crippen LogP) is 5.73. The highest BCUT2D eigenvalue weighted by Gasteiger charge is 1.92. The quantitative estimate of drug-likeness (QED) is 0.505. The Morgan fingerprint density at radius 2 is 1.20 bits per heavy atom. The van der Waals surface area contributed by atoms with Gasteiger partial charge in [-0.3, -0.25) is 0 Å². The Balaban J connectivity index is 3.88. The first-order chi connectivity index (χ1) is 9.60. The normalized spacial score (nSPS) is 14.3. The van der Waals surface area contributed by atoms with E-state index in [4.69, 9.17) is 5.11 Å². The molecule has 0 spiro atoms. The Bertz CT molecular complexity index is 356. The molecule has 0 aromatic carbocycles. The minimum absolute atomic E-state index is 0.159. The number of hydrogen-bond donors (Lipinski definition) is 1. The molecule has 0 atom stereocenters. The van der Waals surface area contributed by atoms with Gasteiger partial charge in [0.1, 0.15) is 0 Å². The van der Waals surface area contributed by atoms with Crippen molar-refractivity contribution in [3.8, 4) is 0 Å². The van der Waals surface area contributed by atoms with Crippen molar-refractivity contribution < 1.29 is 5.11 Å². The maximum Gasteiger partial charge on any atom is 0.0614 e. The topological polar surface area (TPSA) is 20.2 Å². The SMILES string of the molecule is C/C=C/CC/C(C)=C/CC/C(C)=C/CC/C(C)=C/CO. The highest BCUT2D eigenvalue weighted by atomic mass is 16.2. The summed E-state index contributed by atoms with van der Waals surface area (Å²) in [6.45, 7) is 8.76. The molecule has 114 valence electrons. The second-order valence-corrected chi connectivity index (χ2v) is 5.52. The van der Waals surface area contributed by atoms with Crippen LogP contribution in [0.25, 0.3) is 0 Å². The summed E-state index contributed by atoms with van der Waals surface area (Å²) in [6, 6.07) is 0. The summed E-state index contributed by atoms with van der Waals surface area (Å²) in [5.41, 5.74) is 4.24. The number of aliphatic hydroxyl groups is 1. The van der Waals surface area contributed by atoms with Crippen molar-refractivity contribution in [3.05, 3.63) is 47.1 Å². The molecule has 0 aliphatic rings. The fourth-order valence-corrected chi connectivity index (χ4v) is 2.03. The standard InChI is InChI=1S/C19H32O/c1-5-6-7-10-17(2)11-8-12-18(3)13-9-14-19(4)15-16-20/h5-6,11,13,15,20H,7-10,12,14,16H2,1-4H3/b6-5+,17-11+,18-13+,19-15+. The van der Waals surface area contributed by atoms with E-state index < -0.39 is 0 Å². The second-order valence-electron chi connectivity index (χ2n) is 5.52. The van der Waals surface area contributed by atoms with Gasteiger partial charge in [0, 0.05) is 0 Å². The zero-order chi connectivity index (χ0) is 15.2. The lowest BCUT2D eigenvalue weighted by atomic mass is 10.0. The largest absolute Gasteiger partial charge is 0.392 e. The number of hydrogen-bond acceptors (Lipinski definition) is 1. The van der Waals surface area contributed by atoms with Crippen LogP contribution in [0.3, 0.4) is 0 Å². The first-order valence-corrected chi connectivity index (χ1v) is 7.79. The molecule has 1 heteroatoms. The van der Waals surface area contributed by atoms with Crippen LogP contribution >= 0.6 is 0 Å². The smallest absolute Gasteiger partial charge is 0.0614 e. The molecule has 20 heavy (non-hydrogen) atoms. The van der Waals surface area contributed by atoms with E-state index in [0.29, 0.717) is 0 Å². The highest BCUT2D eigenvalue weighted by Crippen LogP contribution is 2.12. The van der Waals surface area contributed by atoms with Crippen LogP contribution in [0.5, 0.6) is 0 Å². The van der Waals surface area contributed by atoms with Crippen molar-refractivity contribution in [1.82, 2.24) is 0 Å². The van der Waals surface area contributed by atoms with Crippen LogP contribution in [0.15, 0.2) is 47.1 Å². The summed E-state index contributed by atoms with van der Waals surface area (Å²) in [5.74, 6) is 0. The molecule has 0 aromatic heterocycles. The summed E-state index contributed by atoms with van der Waals surface area (Å²) < 4.78 is 0. The second kappa shape index (κ2) is 12.9. The molecule has 0 rings (SSSR count). The van der Waals surface area contributed by atoms with Crippen molar-refractivity contribution in [3.63, 3.8) is 0 Å². The van der Waals surface area contributed by atoms with Gasteiger partial charge in [0.25, 0.3) is 0 Å². The van der Waals surface area contributed by atoms with Crippen molar-refractivity contribution in [2.24, 2.45) is 0 Å². The number of rotatable bonds is 10.